The molecule has 0 aliphatic carbocycles. The van der Waals surface area contributed by atoms with Crippen molar-refractivity contribution in [1.82, 2.24) is 0 Å². The second-order valence-electron chi connectivity index (χ2n) is 3.27. The number of hydrogen-bond acceptors (Lipinski definition) is 2. The van der Waals surface area contributed by atoms with Crippen LogP contribution in [0.1, 0.15) is 13.8 Å². The van der Waals surface area contributed by atoms with E-state index in [2.05, 4.69) is 32.1 Å². The topological polar surface area (TPSA) is 9.23 Å². The standard InChI is InChI=1S/C12H16OS/c1-10(2)8-9-14-12-6-4-11(13-3)5-7-12/h4-8H,9H2,1-3H3. The average molecular weight is 208 g/mol. The zero-order valence-electron chi connectivity index (χ0n) is 8.91. The quantitative estimate of drug-likeness (QED) is 0.550. The number of benzene rings is 1. The van der Waals surface area contributed by atoms with E-state index in [0.29, 0.717) is 0 Å². The summed E-state index contributed by atoms with van der Waals surface area (Å²) in [6.07, 6.45) is 2.23. The lowest BCUT2D eigenvalue weighted by Crippen LogP contribution is -1.81. The van der Waals surface area contributed by atoms with E-state index in [4.69, 9.17) is 4.74 Å². The van der Waals surface area contributed by atoms with Crippen molar-refractivity contribution in [2.45, 2.75) is 18.7 Å². The van der Waals surface area contributed by atoms with Gasteiger partial charge in [0, 0.05) is 10.6 Å². The van der Waals surface area contributed by atoms with Crippen LogP contribution in [0.3, 0.4) is 0 Å². The molecule has 0 radical (unpaired) electrons. The Hall–Kier alpha value is -0.890. The third kappa shape index (κ3) is 3.88. The molecular formula is C12H16OS. The van der Waals surface area contributed by atoms with Crippen LogP contribution < -0.4 is 4.74 Å². The van der Waals surface area contributed by atoms with Crippen LogP contribution in [0.25, 0.3) is 0 Å². The van der Waals surface area contributed by atoms with Crippen LogP contribution in [0.2, 0.25) is 0 Å². The van der Waals surface area contributed by atoms with E-state index in [0.717, 1.165) is 11.5 Å². The molecule has 2 heteroatoms. The minimum absolute atomic E-state index is 0.913. The fraction of sp³-hybridized carbons (Fsp3) is 0.333. The predicted molar refractivity (Wildman–Crippen MR) is 63.1 cm³/mol. The lowest BCUT2D eigenvalue weighted by Gasteiger charge is -2.01. The van der Waals surface area contributed by atoms with Gasteiger partial charge in [-0.05, 0) is 38.1 Å². The Kier molecular flexibility index (Phi) is 4.60. The molecular weight excluding hydrogens is 192 g/mol. The molecule has 0 fully saturated rings. The zero-order chi connectivity index (χ0) is 10.4. The lowest BCUT2D eigenvalue weighted by molar-refractivity contribution is 0.414. The highest BCUT2D eigenvalue weighted by molar-refractivity contribution is 7.99. The highest BCUT2D eigenvalue weighted by Crippen LogP contribution is 2.21. The first kappa shape index (κ1) is 11.2. The van der Waals surface area contributed by atoms with Crippen molar-refractivity contribution >= 4 is 11.8 Å². The van der Waals surface area contributed by atoms with Crippen LogP contribution in [0.5, 0.6) is 5.75 Å². The van der Waals surface area contributed by atoms with Gasteiger partial charge < -0.3 is 4.74 Å². The van der Waals surface area contributed by atoms with E-state index in [1.807, 2.05) is 23.9 Å². The number of rotatable bonds is 4. The first-order valence-corrected chi connectivity index (χ1v) is 5.61. The molecule has 76 valence electrons. The van der Waals surface area contributed by atoms with Crippen LogP contribution in [0.4, 0.5) is 0 Å². The van der Waals surface area contributed by atoms with Gasteiger partial charge in [0.1, 0.15) is 5.75 Å². The summed E-state index contributed by atoms with van der Waals surface area (Å²) in [7, 11) is 1.69. The monoisotopic (exact) mass is 208 g/mol. The van der Waals surface area contributed by atoms with Crippen molar-refractivity contribution in [3.63, 3.8) is 0 Å². The van der Waals surface area contributed by atoms with Gasteiger partial charge in [0.25, 0.3) is 0 Å². The van der Waals surface area contributed by atoms with E-state index < -0.39 is 0 Å². The molecule has 0 unspecified atom stereocenters. The van der Waals surface area contributed by atoms with Crippen LogP contribution in [-0.2, 0) is 0 Å². The van der Waals surface area contributed by atoms with Gasteiger partial charge in [-0.25, -0.2) is 0 Å². The normalized spacial score (nSPS) is 9.64. The molecule has 1 aromatic carbocycles. The van der Waals surface area contributed by atoms with Gasteiger partial charge in [-0.1, -0.05) is 11.6 Å². The highest BCUT2D eigenvalue weighted by atomic mass is 32.2. The first-order valence-electron chi connectivity index (χ1n) is 4.62. The fourth-order valence-electron chi connectivity index (χ4n) is 0.977. The summed E-state index contributed by atoms with van der Waals surface area (Å²) in [6.45, 7) is 4.24. The summed E-state index contributed by atoms with van der Waals surface area (Å²) >= 11 is 1.84. The SMILES string of the molecule is COc1ccc(SCC=C(C)C)cc1. The van der Waals surface area contributed by atoms with Crippen molar-refractivity contribution in [2.75, 3.05) is 12.9 Å². The average Bonchev–Trinajstić information content (AvgIpc) is 2.18. The molecule has 0 N–H and O–H groups in total. The minimum atomic E-state index is 0.913. The lowest BCUT2D eigenvalue weighted by atomic mass is 10.3. The molecule has 1 rings (SSSR count). The van der Waals surface area contributed by atoms with Crippen LogP contribution in [-0.4, -0.2) is 12.9 Å². The molecule has 0 amide bonds. The maximum absolute atomic E-state index is 5.09. The summed E-state index contributed by atoms with van der Waals surface area (Å²) in [5.41, 5.74) is 1.37. The van der Waals surface area contributed by atoms with E-state index in [1.54, 1.807) is 7.11 Å². The predicted octanol–water partition coefficient (Wildman–Crippen LogP) is 3.75. The molecule has 0 aliphatic rings. The molecule has 1 aromatic rings. The second-order valence-corrected chi connectivity index (χ2v) is 4.36. The van der Waals surface area contributed by atoms with Gasteiger partial charge >= 0.3 is 0 Å². The number of allylic oxidation sites excluding steroid dienone is 1. The summed E-state index contributed by atoms with van der Waals surface area (Å²) in [5, 5.41) is 0. The van der Waals surface area contributed by atoms with Crippen molar-refractivity contribution in [1.29, 1.82) is 0 Å². The number of thioether (sulfide) groups is 1. The van der Waals surface area contributed by atoms with Gasteiger partial charge in [0.15, 0.2) is 0 Å². The van der Waals surface area contributed by atoms with Gasteiger partial charge in [0.05, 0.1) is 7.11 Å². The highest BCUT2D eigenvalue weighted by Gasteiger charge is 1.93. The Morgan fingerprint density at radius 2 is 1.93 bits per heavy atom. The number of ether oxygens (including phenoxy) is 1. The summed E-state index contributed by atoms with van der Waals surface area (Å²) in [4.78, 5) is 1.28. The fourth-order valence-corrected chi connectivity index (χ4v) is 1.91. The molecule has 0 aliphatic heterocycles. The van der Waals surface area contributed by atoms with Gasteiger partial charge in [0.2, 0.25) is 0 Å². The first-order chi connectivity index (χ1) is 6.72. The van der Waals surface area contributed by atoms with Crippen molar-refractivity contribution in [2.24, 2.45) is 0 Å². The zero-order valence-corrected chi connectivity index (χ0v) is 9.73. The molecule has 14 heavy (non-hydrogen) atoms. The van der Waals surface area contributed by atoms with Crippen molar-refractivity contribution < 1.29 is 4.74 Å². The molecule has 0 heterocycles. The van der Waals surface area contributed by atoms with Crippen LogP contribution >= 0.6 is 11.8 Å². The Balaban J connectivity index is 2.48. The molecule has 1 nitrogen and oxygen atoms in total. The van der Waals surface area contributed by atoms with Crippen LogP contribution in [0, 0.1) is 0 Å². The van der Waals surface area contributed by atoms with Gasteiger partial charge in [-0.15, -0.1) is 11.8 Å². The molecule has 0 saturated heterocycles. The smallest absolute Gasteiger partial charge is 0.118 e. The van der Waals surface area contributed by atoms with E-state index in [1.165, 1.54) is 10.5 Å². The molecule has 0 bridgehead atoms. The van der Waals surface area contributed by atoms with Gasteiger partial charge in [-0.2, -0.15) is 0 Å². The Labute approximate surface area is 90.2 Å². The van der Waals surface area contributed by atoms with E-state index in [-0.39, 0.29) is 0 Å². The molecule has 0 atom stereocenters. The third-order valence-electron chi connectivity index (χ3n) is 1.80. The Morgan fingerprint density at radius 1 is 1.29 bits per heavy atom. The molecule has 0 aromatic heterocycles. The molecule has 0 spiro atoms. The third-order valence-corrected chi connectivity index (χ3v) is 2.74. The van der Waals surface area contributed by atoms with Crippen molar-refractivity contribution in [3.8, 4) is 5.75 Å². The second kappa shape index (κ2) is 5.76. The summed E-state index contributed by atoms with van der Waals surface area (Å²) < 4.78 is 5.09. The van der Waals surface area contributed by atoms with Crippen LogP contribution in [0.15, 0.2) is 40.8 Å². The minimum Gasteiger partial charge on any atom is -0.497 e. The van der Waals surface area contributed by atoms with Crippen molar-refractivity contribution in [3.05, 3.63) is 35.9 Å². The maximum atomic E-state index is 5.09. The Morgan fingerprint density at radius 3 is 2.43 bits per heavy atom. The van der Waals surface area contributed by atoms with E-state index in [9.17, 15) is 0 Å². The number of hydrogen-bond donors (Lipinski definition) is 0. The van der Waals surface area contributed by atoms with Gasteiger partial charge in [-0.3, -0.25) is 0 Å². The summed E-state index contributed by atoms with van der Waals surface area (Å²) in [6, 6.07) is 8.15. The molecule has 0 saturated carbocycles. The maximum Gasteiger partial charge on any atom is 0.118 e. The van der Waals surface area contributed by atoms with E-state index >= 15 is 0 Å². The Bertz CT molecular complexity index is 297. The number of methoxy groups -OCH3 is 1. The summed E-state index contributed by atoms with van der Waals surface area (Å²) in [5.74, 6) is 1.95. The largest absolute Gasteiger partial charge is 0.497 e.